The summed E-state index contributed by atoms with van der Waals surface area (Å²) in [7, 11) is 1.68. The molecular weight excluding hydrogens is 449 g/mol. The van der Waals surface area contributed by atoms with Crippen LogP contribution in [0.25, 0.3) is 11.1 Å². The Morgan fingerprint density at radius 1 is 1.15 bits per heavy atom. The van der Waals surface area contributed by atoms with Crippen LogP contribution in [0.1, 0.15) is 55.5 Å². The van der Waals surface area contributed by atoms with Gasteiger partial charge in [0, 0.05) is 23.7 Å². The molecule has 0 spiro atoms. The Balaban J connectivity index is 0.000000509. The molecule has 1 aliphatic rings. The molecule has 2 aromatic rings. The molecule has 3 rings (SSSR count). The standard InChI is InChI=1S/C23H30N2O2.C2HF3O2/c1-23(2)11-9-19(10-12-23)25-15-16-7-8-20(21(13-16)27-3)17-5-4-6-18(14-17)22(24)26;3-2(4,5)1(6)7/h4-8,13-14,19,25H,9-12,15H2,1-3H3,(H2,24,26);(H,6,7). The SMILES string of the molecule is COc1cc(CNC2CCC(C)(C)CC2)ccc1-c1cccc(C(N)=O)c1.O=C(O)C(F)(F)F. The quantitative estimate of drug-likeness (QED) is 0.531. The van der Waals surface area contributed by atoms with Crippen molar-refractivity contribution < 1.29 is 32.6 Å². The Hall–Kier alpha value is -3.07. The summed E-state index contributed by atoms with van der Waals surface area (Å²) in [5.41, 5.74) is 9.48. The van der Waals surface area contributed by atoms with E-state index in [2.05, 4.69) is 37.4 Å². The minimum absolute atomic E-state index is 0.424. The lowest BCUT2D eigenvalue weighted by molar-refractivity contribution is -0.192. The largest absolute Gasteiger partial charge is 0.496 e. The van der Waals surface area contributed by atoms with Gasteiger partial charge in [0.1, 0.15) is 5.75 Å². The molecule has 0 bridgehead atoms. The van der Waals surface area contributed by atoms with Crippen molar-refractivity contribution in [2.45, 2.75) is 58.3 Å². The van der Waals surface area contributed by atoms with Gasteiger partial charge in [-0.25, -0.2) is 4.79 Å². The van der Waals surface area contributed by atoms with Gasteiger partial charge in [-0.1, -0.05) is 38.1 Å². The smallest absolute Gasteiger partial charge is 0.490 e. The van der Waals surface area contributed by atoms with E-state index in [4.69, 9.17) is 20.4 Å². The highest BCUT2D eigenvalue weighted by atomic mass is 19.4. The molecule has 0 aromatic heterocycles. The van der Waals surface area contributed by atoms with Gasteiger partial charge in [-0.05, 0) is 60.4 Å². The number of carbonyl (C=O) groups excluding carboxylic acids is 1. The summed E-state index contributed by atoms with van der Waals surface area (Å²) in [6.45, 7) is 5.56. The number of carbonyl (C=O) groups is 2. The van der Waals surface area contributed by atoms with E-state index in [-0.39, 0.29) is 0 Å². The summed E-state index contributed by atoms with van der Waals surface area (Å²) in [4.78, 5) is 20.3. The third-order valence-corrected chi connectivity index (χ3v) is 5.90. The summed E-state index contributed by atoms with van der Waals surface area (Å²) in [5.74, 6) is -2.37. The number of hydrogen-bond acceptors (Lipinski definition) is 4. The Morgan fingerprint density at radius 2 is 1.76 bits per heavy atom. The number of rotatable bonds is 6. The van der Waals surface area contributed by atoms with Crippen molar-refractivity contribution in [2.75, 3.05) is 7.11 Å². The number of aliphatic carboxylic acids is 1. The van der Waals surface area contributed by atoms with Crippen LogP contribution in [0.4, 0.5) is 13.2 Å². The number of nitrogens with one attached hydrogen (secondary N) is 1. The molecule has 0 heterocycles. The van der Waals surface area contributed by atoms with Crippen LogP contribution in [0.5, 0.6) is 5.75 Å². The van der Waals surface area contributed by atoms with Crippen molar-refractivity contribution in [3.8, 4) is 16.9 Å². The summed E-state index contributed by atoms with van der Waals surface area (Å²) in [5, 5.41) is 10.8. The van der Waals surface area contributed by atoms with E-state index in [9.17, 15) is 18.0 Å². The fourth-order valence-corrected chi connectivity index (χ4v) is 3.79. The van der Waals surface area contributed by atoms with Gasteiger partial charge in [-0.2, -0.15) is 13.2 Å². The highest BCUT2D eigenvalue weighted by Gasteiger charge is 2.38. The van der Waals surface area contributed by atoms with Crippen molar-refractivity contribution >= 4 is 11.9 Å². The Morgan fingerprint density at radius 3 is 2.29 bits per heavy atom. The second-order valence-corrected chi connectivity index (χ2v) is 9.10. The molecule has 186 valence electrons. The predicted molar refractivity (Wildman–Crippen MR) is 124 cm³/mol. The van der Waals surface area contributed by atoms with E-state index in [0.29, 0.717) is 17.0 Å². The van der Waals surface area contributed by atoms with Crippen LogP contribution >= 0.6 is 0 Å². The monoisotopic (exact) mass is 480 g/mol. The fraction of sp³-hybridized carbons (Fsp3) is 0.440. The number of carboxylic acid groups (broad SMARTS) is 1. The molecule has 1 fully saturated rings. The maximum absolute atomic E-state index is 11.5. The van der Waals surface area contributed by atoms with Crippen LogP contribution in [0.15, 0.2) is 42.5 Å². The number of methoxy groups -OCH3 is 1. The third-order valence-electron chi connectivity index (χ3n) is 5.90. The molecule has 0 atom stereocenters. The Kier molecular flexibility index (Phi) is 9.09. The van der Waals surface area contributed by atoms with Gasteiger partial charge in [-0.15, -0.1) is 0 Å². The third kappa shape index (κ3) is 8.06. The summed E-state index contributed by atoms with van der Waals surface area (Å²) >= 11 is 0. The van der Waals surface area contributed by atoms with Crippen LogP contribution in [0.3, 0.4) is 0 Å². The molecule has 4 N–H and O–H groups in total. The first-order valence-corrected chi connectivity index (χ1v) is 10.9. The molecule has 9 heteroatoms. The van der Waals surface area contributed by atoms with Gasteiger partial charge in [-0.3, -0.25) is 4.79 Å². The molecule has 34 heavy (non-hydrogen) atoms. The lowest BCUT2D eigenvalue weighted by atomic mass is 9.75. The first-order chi connectivity index (χ1) is 15.8. The molecule has 6 nitrogen and oxygen atoms in total. The topological polar surface area (TPSA) is 102 Å². The Bertz CT molecular complexity index is 996. The number of carboxylic acids is 1. The van der Waals surface area contributed by atoms with Crippen LogP contribution in [-0.2, 0) is 11.3 Å². The molecule has 0 saturated heterocycles. The minimum atomic E-state index is -5.08. The van der Waals surface area contributed by atoms with Crippen molar-refractivity contribution in [3.05, 3.63) is 53.6 Å². The van der Waals surface area contributed by atoms with Crippen LogP contribution in [0.2, 0.25) is 0 Å². The fourth-order valence-electron chi connectivity index (χ4n) is 3.79. The van der Waals surface area contributed by atoms with E-state index in [1.807, 2.05) is 18.2 Å². The summed E-state index contributed by atoms with van der Waals surface area (Å²) in [6, 6.07) is 14.2. The van der Waals surface area contributed by atoms with Crippen LogP contribution < -0.4 is 15.8 Å². The van der Waals surface area contributed by atoms with Crippen LogP contribution in [0, 0.1) is 5.41 Å². The van der Waals surface area contributed by atoms with Gasteiger partial charge >= 0.3 is 12.1 Å². The van der Waals surface area contributed by atoms with E-state index in [1.165, 1.54) is 31.2 Å². The molecule has 1 amide bonds. The molecule has 0 radical (unpaired) electrons. The van der Waals surface area contributed by atoms with E-state index in [1.54, 1.807) is 13.2 Å². The average Bonchev–Trinajstić information content (AvgIpc) is 2.78. The number of benzene rings is 2. The first-order valence-electron chi connectivity index (χ1n) is 10.9. The number of primary amides is 1. The number of alkyl halides is 3. The van der Waals surface area contributed by atoms with E-state index in [0.717, 1.165) is 23.4 Å². The predicted octanol–water partition coefficient (Wildman–Crippen LogP) is 5.15. The van der Waals surface area contributed by atoms with Gasteiger partial charge in [0.25, 0.3) is 0 Å². The molecule has 0 aliphatic heterocycles. The van der Waals surface area contributed by atoms with Crippen molar-refractivity contribution in [2.24, 2.45) is 11.1 Å². The van der Waals surface area contributed by atoms with Gasteiger partial charge in [0.05, 0.1) is 7.11 Å². The van der Waals surface area contributed by atoms with Crippen LogP contribution in [-0.4, -0.2) is 36.3 Å². The Labute approximate surface area is 197 Å². The number of nitrogens with two attached hydrogens (primary N) is 1. The highest BCUT2D eigenvalue weighted by molar-refractivity contribution is 5.94. The molecule has 2 aromatic carbocycles. The second kappa shape index (κ2) is 11.4. The first kappa shape index (κ1) is 27.2. The van der Waals surface area contributed by atoms with Gasteiger partial charge in [0.15, 0.2) is 0 Å². The zero-order chi connectivity index (χ0) is 25.5. The maximum atomic E-state index is 11.5. The zero-order valence-corrected chi connectivity index (χ0v) is 19.5. The molecule has 1 saturated carbocycles. The molecular formula is C25H31F3N2O4. The average molecular weight is 481 g/mol. The number of halogens is 3. The minimum Gasteiger partial charge on any atom is -0.496 e. The maximum Gasteiger partial charge on any atom is 0.490 e. The van der Waals surface area contributed by atoms with Crippen molar-refractivity contribution in [1.29, 1.82) is 0 Å². The number of amides is 1. The summed E-state index contributed by atoms with van der Waals surface area (Å²) in [6.07, 6.45) is -0.0451. The number of ether oxygens (including phenoxy) is 1. The molecule has 1 aliphatic carbocycles. The molecule has 0 unspecified atom stereocenters. The van der Waals surface area contributed by atoms with E-state index >= 15 is 0 Å². The van der Waals surface area contributed by atoms with Crippen molar-refractivity contribution in [3.63, 3.8) is 0 Å². The van der Waals surface area contributed by atoms with Gasteiger partial charge in [0.2, 0.25) is 5.91 Å². The second-order valence-electron chi connectivity index (χ2n) is 9.10. The normalized spacial score (nSPS) is 15.7. The van der Waals surface area contributed by atoms with Gasteiger partial charge < -0.3 is 20.9 Å². The van der Waals surface area contributed by atoms with E-state index < -0.39 is 18.1 Å². The lowest BCUT2D eigenvalue weighted by Gasteiger charge is -2.34. The number of hydrogen-bond donors (Lipinski definition) is 3. The van der Waals surface area contributed by atoms with Crippen molar-refractivity contribution in [1.82, 2.24) is 5.32 Å². The summed E-state index contributed by atoms with van der Waals surface area (Å²) < 4.78 is 37.4. The highest BCUT2D eigenvalue weighted by Crippen LogP contribution is 2.35. The zero-order valence-electron chi connectivity index (χ0n) is 19.5. The lowest BCUT2D eigenvalue weighted by Crippen LogP contribution is -2.35.